The largest absolute Gasteiger partial charge is 0.465 e. The van der Waals surface area contributed by atoms with E-state index >= 15 is 0 Å². The SMILES string of the molecule is CCNC(CSCCO)(C(=O)OCC)C1CC1. The van der Waals surface area contributed by atoms with Gasteiger partial charge in [0.05, 0.1) is 13.2 Å². The summed E-state index contributed by atoms with van der Waals surface area (Å²) in [5.41, 5.74) is -0.537. The Bertz CT molecular complexity index is 246. The quantitative estimate of drug-likeness (QED) is 0.479. The Labute approximate surface area is 107 Å². The Kier molecular flexibility index (Phi) is 6.30. The van der Waals surface area contributed by atoms with Crippen molar-refractivity contribution in [1.82, 2.24) is 5.32 Å². The summed E-state index contributed by atoms with van der Waals surface area (Å²) in [6.07, 6.45) is 2.18. The van der Waals surface area contributed by atoms with Gasteiger partial charge in [-0.1, -0.05) is 6.92 Å². The first kappa shape index (κ1) is 14.8. The number of aliphatic hydroxyl groups excluding tert-OH is 1. The molecule has 1 atom stereocenters. The summed E-state index contributed by atoms with van der Waals surface area (Å²) in [5.74, 6) is 1.62. The highest BCUT2D eigenvalue weighted by Gasteiger charge is 2.51. The number of hydrogen-bond donors (Lipinski definition) is 2. The van der Waals surface area contributed by atoms with Crippen LogP contribution in [0.4, 0.5) is 0 Å². The molecule has 0 aromatic carbocycles. The van der Waals surface area contributed by atoms with Gasteiger partial charge in [0.15, 0.2) is 0 Å². The molecule has 5 heteroatoms. The fourth-order valence-corrected chi connectivity index (χ4v) is 3.11. The minimum Gasteiger partial charge on any atom is -0.465 e. The summed E-state index contributed by atoms with van der Waals surface area (Å²) in [4.78, 5) is 12.2. The zero-order valence-electron chi connectivity index (χ0n) is 10.7. The fourth-order valence-electron chi connectivity index (χ4n) is 2.06. The Hall–Kier alpha value is -0.260. The molecular weight excluding hydrogens is 238 g/mol. The molecule has 0 amide bonds. The van der Waals surface area contributed by atoms with Crippen LogP contribution in [0, 0.1) is 5.92 Å². The zero-order valence-corrected chi connectivity index (χ0v) is 11.5. The average molecular weight is 261 g/mol. The van der Waals surface area contributed by atoms with Crippen molar-refractivity contribution in [2.24, 2.45) is 5.92 Å². The van der Waals surface area contributed by atoms with Gasteiger partial charge in [0, 0.05) is 11.5 Å². The summed E-state index contributed by atoms with van der Waals surface area (Å²) >= 11 is 1.61. The number of rotatable bonds is 9. The van der Waals surface area contributed by atoms with E-state index in [0.717, 1.165) is 19.4 Å². The first-order valence-corrected chi connectivity index (χ1v) is 7.47. The minimum absolute atomic E-state index is 0.130. The maximum atomic E-state index is 12.2. The topological polar surface area (TPSA) is 58.6 Å². The van der Waals surface area contributed by atoms with Crippen LogP contribution in [0.1, 0.15) is 26.7 Å². The van der Waals surface area contributed by atoms with Crippen molar-refractivity contribution < 1.29 is 14.6 Å². The second kappa shape index (κ2) is 7.24. The molecule has 1 rings (SSSR count). The molecule has 0 saturated heterocycles. The van der Waals surface area contributed by atoms with Gasteiger partial charge in [0.2, 0.25) is 0 Å². The molecule has 0 aromatic heterocycles. The van der Waals surface area contributed by atoms with Gasteiger partial charge in [0.25, 0.3) is 0 Å². The highest BCUT2D eigenvalue weighted by Crippen LogP contribution is 2.42. The number of carbonyl (C=O) groups excluding carboxylic acids is 1. The molecule has 0 aromatic rings. The van der Waals surface area contributed by atoms with Crippen LogP contribution in [0.25, 0.3) is 0 Å². The summed E-state index contributed by atoms with van der Waals surface area (Å²) < 4.78 is 5.21. The van der Waals surface area contributed by atoms with Crippen molar-refractivity contribution in [3.63, 3.8) is 0 Å². The maximum absolute atomic E-state index is 12.2. The zero-order chi connectivity index (χ0) is 12.7. The van der Waals surface area contributed by atoms with Crippen LogP contribution < -0.4 is 5.32 Å². The second-order valence-electron chi connectivity index (χ2n) is 4.27. The van der Waals surface area contributed by atoms with Gasteiger partial charge < -0.3 is 15.2 Å². The lowest BCUT2D eigenvalue weighted by Crippen LogP contribution is -2.57. The highest BCUT2D eigenvalue weighted by molar-refractivity contribution is 7.99. The molecule has 0 heterocycles. The van der Waals surface area contributed by atoms with E-state index < -0.39 is 5.54 Å². The summed E-state index contributed by atoms with van der Waals surface area (Å²) in [6.45, 7) is 5.17. The third kappa shape index (κ3) is 3.86. The fraction of sp³-hybridized carbons (Fsp3) is 0.917. The highest BCUT2D eigenvalue weighted by atomic mass is 32.2. The van der Waals surface area contributed by atoms with Crippen LogP contribution >= 0.6 is 11.8 Å². The third-order valence-corrected chi connectivity index (χ3v) is 4.10. The molecule has 100 valence electrons. The van der Waals surface area contributed by atoms with Gasteiger partial charge in [-0.2, -0.15) is 11.8 Å². The number of ether oxygens (including phenoxy) is 1. The van der Waals surface area contributed by atoms with Crippen LogP contribution in [0.15, 0.2) is 0 Å². The summed E-state index contributed by atoms with van der Waals surface area (Å²) in [6, 6.07) is 0. The third-order valence-electron chi connectivity index (χ3n) is 2.97. The van der Waals surface area contributed by atoms with Crippen LogP contribution in [-0.2, 0) is 9.53 Å². The van der Waals surface area contributed by atoms with Crippen molar-refractivity contribution in [3.05, 3.63) is 0 Å². The Balaban J connectivity index is 2.68. The molecule has 0 spiro atoms. The van der Waals surface area contributed by atoms with Crippen molar-refractivity contribution in [2.75, 3.05) is 31.3 Å². The van der Waals surface area contributed by atoms with E-state index in [0.29, 0.717) is 24.0 Å². The second-order valence-corrected chi connectivity index (χ2v) is 5.38. The molecule has 17 heavy (non-hydrogen) atoms. The number of hydrogen-bond acceptors (Lipinski definition) is 5. The van der Waals surface area contributed by atoms with E-state index in [-0.39, 0.29) is 12.6 Å². The van der Waals surface area contributed by atoms with Crippen LogP contribution in [-0.4, -0.2) is 47.9 Å². The lowest BCUT2D eigenvalue weighted by molar-refractivity contribution is -0.151. The Morgan fingerprint density at radius 3 is 2.71 bits per heavy atom. The summed E-state index contributed by atoms with van der Waals surface area (Å²) in [5, 5.41) is 12.2. The average Bonchev–Trinajstić information content (AvgIpc) is 3.12. The molecule has 2 N–H and O–H groups in total. The molecule has 0 radical (unpaired) electrons. The van der Waals surface area contributed by atoms with E-state index in [1.165, 1.54) is 0 Å². The van der Waals surface area contributed by atoms with Crippen LogP contribution in [0.5, 0.6) is 0 Å². The first-order chi connectivity index (χ1) is 8.21. The van der Waals surface area contributed by atoms with Gasteiger partial charge in [-0.3, -0.25) is 4.79 Å². The molecule has 1 aliphatic rings. The number of aliphatic hydroxyl groups is 1. The maximum Gasteiger partial charge on any atom is 0.327 e. The molecule has 1 unspecified atom stereocenters. The van der Waals surface area contributed by atoms with E-state index in [1.807, 2.05) is 13.8 Å². The first-order valence-electron chi connectivity index (χ1n) is 6.32. The van der Waals surface area contributed by atoms with Crippen LogP contribution in [0.3, 0.4) is 0 Å². The Morgan fingerprint density at radius 1 is 1.53 bits per heavy atom. The van der Waals surface area contributed by atoms with E-state index in [1.54, 1.807) is 11.8 Å². The van der Waals surface area contributed by atoms with Gasteiger partial charge in [-0.15, -0.1) is 0 Å². The van der Waals surface area contributed by atoms with Crippen molar-refractivity contribution in [2.45, 2.75) is 32.2 Å². The standard InChI is InChI=1S/C12H23NO3S/c1-3-13-12(10-5-6-10,9-17-8-7-14)11(15)16-4-2/h10,13-14H,3-9H2,1-2H3. The van der Waals surface area contributed by atoms with Gasteiger partial charge in [-0.25, -0.2) is 0 Å². The van der Waals surface area contributed by atoms with Gasteiger partial charge in [0.1, 0.15) is 5.54 Å². The molecule has 0 aliphatic heterocycles. The number of thioether (sulfide) groups is 1. The Morgan fingerprint density at radius 2 is 2.24 bits per heavy atom. The molecule has 1 fully saturated rings. The molecule has 1 aliphatic carbocycles. The normalized spacial score (nSPS) is 18.8. The molecular formula is C12H23NO3S. The van der Waals surface area contributed by atoms with E-state index in [2.05, 4.69) is 5.32 Å². The van der Waals surface area contributed by atoms with Crippen molar-refractivity contribution in [3.8, 4) is 0 Å². The molecule has 1 saturated carbocycles. The van der Waals surface area contributed by atoms with Crippen molar-refractivity contribution in [1.29, 1.82) is 0 Å². The lowest BCUT2D eigenvalue weighted by atomic mass is 9.95. The monoisotopic (exact) mass is 261 g/mol. The number of carbonyl (C=O) groups is 1. The van der Waals surface area contributed by atoms with E-state index in [9.17, 15) is 4.79 Å². The predicted molar refractivity (Wildman–Crippen MR) is 70.2 cm³/mol. The molecule has 0 bridgehead atoms. The predicted octanol–water partition coefficient (Wildman–Crippen LogP) is 1.03. The number of esters is 1. The number of likely N-dealkylation sites (N-methyl/N-ethyl adjacent to an activating group) is 1. The van der Waals surface area contributed by atoms with Gasteiger partial charge in [-0.05, 0) is 32.2 Å². The minimum atomic E-state index is -0.537. The smallest absolute Gasteiger partial charge is 0.327 e. The van der Waals surface area contributed by atoms with Crippen LogP contribution in [0.2, 0.25) is 0 Å². The van der Waals surface area contributed by atoms with E-state index in [4.69, 9.17) is 9.84 Å². The number of nitrogens with one attached hydrogen (secondary N) is 1. The molecule has 4 nitrogen and oxygen atoms in total. The summed E-state index contributed by atoms with van der Waals surface area (Å²) in [7, 11) is 0. The van der Waals surface area contributed by atoms with Crippen molar-refractivity contribution >= 4 is 17.7 Å². The lowest BCUT2D eigenvalue weighted by Gasteiger charge is -2.32. The van der Waals surface area contributed by atoms with Gasteiger partial charge >= 0.3 is 5.97 Å².